The van der Waals surface area contributed by atoms with Crippen molar-refractivity contribution in [1.82, 2.24) is 20.5 Å². The first-order chi connectivity index (χ1) is 15.9. The van der Waals surface area contributed by atoms with Crippen LogP contribution in [0.15, 0.2) is 40.8 Å². The van der Waals surface area contributed by atoms with Crippen molar-refractivity contribution in [2.24, 2.45) is 5.92 Å². The number of likely N-dealkylation sites (N-methyl/N-ethyl adjacent to an activating group) is 1. The molecule has 9 heteroatoms. The van der Waals surface area contributed by atoms with Crippen LogP contribution in [0.25, 0.3) is 22.2 Å². The minimum atomic E-state index is -0.659. The van der Waals surface area contributed by atoms with Crippen molar-refractivity contribution in [3.8, 4) is 11.3 Å². The van der Waals surface area contributed by atoms with E-state index in [0.29, 0.717) is 37.8 Å². The van der Waals surface area contributed by atoms with Crippen LogP contribution < -0.4 is 10.6 Å². The van der Waals surface area contributed by atoms with Crippen LogP contribution in [0.4, 0.5) is 0 Å². The van der Waals surface area contributed by atoms with Gasteiger partial charge in [0.2, 0.25) is 5.91 Å². The molecule has 0 saturated carbocycles. The number of aromatic nitrogens is 1. The Balaban J connectivity index is 1.52. The summed E-state index contributed by atoms with van der Waals surface area (Å²) in [7, 11) is 1.53. The van der Waals surface area contributed by atoms with Gasteiger partial charge in [0.05, 0.1) is 13.2 Å². The van der Waals surface area contributed by atoms with E-state index in [2.05, 4.69) is 15.6 Å². The number of carbonyl (C=O) groups excluding carboxylic acids is 3. The second-order valence-corrected chi connectivity index (χ2v) is 8.36. The Morgan fingerprint density at radius 2 is 1.82 bits per heavy atom. The van der Waals surface area contributed by atoms with Gasteiger partial charge in [-0.2, -0.15) is 0 Å². The Hall–Kier alpha value is -3.59. The molecule has 174 valence electrons. The molecule has 33 heavy (non-hydrogen) atoms. The molecule has 3 heterocycles. The number of benzene rings is 1. The number of furan rings is 1. The number of nitrogens with zero attached hydrogens (tertiary/aromatic N) is 1. The molecule has 0 radical (unpaired) electrons. The van der Waals surface area contributed by atoms with E-state index >= 15 is 0 Å². The van der Waals surface area contributed by atoms with Crippen LogP contribution in [-0.4, -0.2) is 67.0 Å². The quantitative estimate of drug-likeness (QED) is 0.531. The molecule has 0 spiro atoms. The molecular weight excluding hydrogens is 424 g/mol. The molecule has 1 aliphatic rings. The summed E-state index contributed by atoms with van der Waals surface area (Å²) in [6.07, 6.45) is 0. The largest absolute Gasteiger partial charge is 0.451 e. The van der Waals surface area contributed by atoms with E-state index in [-0.39, 0.29) is 23.5 Å². The minimum Gasteiger partial charge on any atom is -0.451 e. The molecule has 3 N–H and O–H groups in total. The number of amides is 3. The lowest BCUT2D eigenvalue weighted by Crippen LogP contribution is -2.48. The van der Waals surface area contributed by atoms with Crippen molar-refractivity contribution in [3.05, 3.63) is 47.9 Å². The van der Waals surface area contributed by atoms with Crippen LogP contribution in [0.1, 0.15) is 34.9 Å². The average Bonchev–Trinajstić information content (AvgIpc) is 3.49. The smallest absolute Gasteiger partial charge is 0.287 e. The summed E-state index contributed by atoms with van der Waals surface area (Å²) in [5, 5.41) is 6.19. The topological polar surface area (TPSA) is 117 Å². The molecule has 3 amide bonds. The third-order valence-corrected chi connectivity index (χ3v) is 5.75. The number of carbonyl (C=O) groups is 3. The van der Waals surface area contributed by atoms with Crippen molar-refractivity contribution in [1.29, 1.82) is 0 Å². The predicted molar refractivity (Wildman–Crippen MR) is 123 cm³/mol. The SMILES string of the molecule is CNC(=O)[C@@H](NC(=O)c1ccc(-c2ccc3cc(C(=O)N4CCOCC4)[nH]c3c2)o1)C(C)C. The molecule has 1 fully saturated rings. The first kappa shape index (κ1) is 22.6. The Kier molecular flexibility index (Phi) is 6.50. The Bertz CT molecular complexity index is 1170. The number of H-pyrrole nitrogens is 1. The highest BCUT2D eigenvalue weighted by molar-refractivity contribution is 5.99. The second-order valence-electron chi connectivity index (χ2n) is 8.36. The van der Waals surface area contributed by atoms with Gasteiger partial charge in [-0.05, 0) is 30.2 Å². The molecule has 4 rings (SSSR count). The summed E-state index contributed by atoms with van der Waals surface area (Å²) >= 11 is 0. The zero-order valence-electron chi connectivity index (χ0n) is 18.9. The summed E-state index contributed by atoms with van der Waals surface area (Å²) in [5.74, 6) is -0.211. The molecule has 1 aliphatic heterocycles. The standard InChI is InChI=1S/C24H28N4O5/c1-14(2)21(23(30)25-3)27-22(29)20-7-6-19(33-20)16-5-4-15-12-18(26-17(15)13-16)24(31)28-8-10-32-11-9-28/h4-7,12-14,21,26H,8-11H2,1-3H3,(H,25,30)(H,27,29)/t21-/m0/s1. The molecule has 3 aromatic rings. The highest BCUT2D eigenvalue weighted by Crippen LogP contribution is 2.27. The molecule has 0 bridgehead atoms. The van der Waals surface area contributed by atoms with Gasteiger partial charge in [-0.1, -0.05) is 26.0 Å². The molecule has 2 aromatic heterocycles. The van der Waals surface area contributed by atoms with Crippen LogP contribution in [0.3, 0.4) is 0 Å². The summed E-state index contributed by atoms with van der Waals surface area (Å²) in [6, 6.07) is 10.1. The van der Waals surface area contributed by atoms with E-state index in [1.807, 2.05) is 38.1 Å². The zero-order chi connectivity index (χ0) is 23.5. The van der Waals surface area contributed by atoms with Gasteiger partial charge < -0.3 is 29.7 Å². The van der Waals surface area contributed by atoms with E-state index < -0.39 is 11.9 Å². The maximum atomic E-state index is 12.8. The van der Waals surface area contributed by atoms with E-state index in [0.717, 1.165) is 16.5 Å². The Morgan fingerprint density at radius 3 is 2.52 bits per heavy atom. The van der Waals surface area contributed by atoms with Crippen molar-refractivity contribution in [3.63, 3.8) is 0 Å². The van der Waals surface area contributed by atoms with Gasteiger partial charge in [-0.3, -0.25) is 14.4 Å². The number of hydrogen-bond donors (Lipinski definition) is 3. The van der Waals surface area contributed by atoms with Gasteiger partial charge in [0.15, 0.2) is 5.76 Å². The average molecular weight is 453 g/mol. The lowest BCUT2D eigenvalue weighted by molar-refractivity contribution is -0.123. The number of fused-ring (bicyclic) bond motifs is 1. The predicted octanol–water partition coefficient (Wildman–Crippen LogP) is 2.40. The Labute approximate surface area is 191 Å². The van der Waals surface area contributed by atoms with E-state index in [9.17, 15) is 14.4 Å². The fraction of sp³-hybridized carbons (Fsp3) is 0.375. The summed E-state index contributed by atoms with van der Waals surface area (Å²) in [4.78, 5) is 42.4. The first-order valence-corrected chi connectivity index (χ1v) is 11.0. The first-order valence-electron chi connectivity index (χ1n) is 11.0. The van der Waals surface area contributed by atoms with Gasteiger partial charge in [-0.25, -0.2) is 0 Å². The van der Waals surface area contributed by atoms with Gasteiger partial charge in [0, 0.05) is 36.6 Å². The van der Waals surface area contributed by atoms with Crippen molar-refractivity contribution >= 4 is 28.6 Å². The third kappa shape index (κ3) is 4.78. The van der Waals surface area contributed by atoms with Crippen molar-refractivity contribution in [2.75, 3.05) is 33.4 Å². The third-order valence-electron chi connectivity index (χ3n) is 5.75. The fourth-order valence-corrected chi connectivity index (χ4v) is 3.85. The number of morpholine rings is 1. The van der Waals surface area contributed by atoms with E-state index in [1.54, 1.807) is 17.0 Å². The molecule has 1 aromatic carbocycles. The van der Waals surface area contributed by atoms with E-state index in [4.69, 9.17) is 9.15 Å². The maximum Gasteiger partial charge on any atom is 0.287 e. The molecule has 1 saturated heterocycles. The Morgan fingerprint density at radius 1 is 1.06 bits per heavy atom. The minimum absolute atomic E-state index is 0.0520. The molecular formula is C24H28N4O5. The monoisotopic (exact) mass is 452 g/mol. The number of rotatable bonds is 6. The number of aromatic amines is 1. The van der Waals surface area contributed by atoms with Crippen molar-refractivity contribution in [2.45, 2.75) is 19.9 Å². The van der Waals surface area contributed by atoms with Crippen LogP contribution in [0.5, 0.6) is 0 Å². The highest BCUT2D eigenvalue weighted by Gasteiger charge is 2.25. The lowest BCUT2D eigenvalue weighted by atomic mass is 10.0. The number of nitrogens with one attached hydrogen (secondary N) is 3. The van der Waals surface area contributed by atoms with Gasteiger partial charge in [0.1, 0.15) is 17.5 Å². The van der Waals surface area contributed by atoms with Gasteiger partial charge in [-0.15, -0.1) is 0 Å². The lowest BCUT2D eigenvalue weighted by Gasteiger charge is -2.26. The highest BCUT2D eigenvalue weighted by atomic mass is 16.5. The summed E-state index contributed by atoms with van der Waals surface area (Å²) in [6.45, 7) is 5.97. The normalized spacial score (nSPS) is 15.0. The number of hydrogen-bond acceptors (Lipinski definition) is 5. The second kappa shape index (κ2) is 9.50. The fourth-order valence-electron chi connectivity index (χ4n) is 3.85. The molecule has 1 atom stereocenters. The van der Waals surface area contributed by atoms with Crippen molar-refractivity contribution < 1.29 is 23.5 Å². The summed E-state index contributed by atoms with van der Waals surface area (Å²) in [5.41, 5.74) is 2.09. The van der Waals surface area contributed by atoms with E-state index in [1.165, 1.54) is 7.05 Å². The summed E-state index contributed by atoms with van der Waals surface area (Å²) < 4.78 is 11.1. The van der Waals surface area contributed by atoms with Crippen LogP contribution in [0.2, 0.25) is 0 Å². The van der Waals surface area contributed by atoms with Crippen LogP contribution in [0, 0.1) is 5.92 Å². The van der Waals surface area contributed by atoms with Crippen LogP contribution in [-0.2, 0) is 9.53 Å². The number of ether oxygens (including phenoxy) is 1. The molecule has 0 aliphatic carbocycles. The maximum absolute atomic E-state index is 12.8. The van der Waals surface area contributed by atoms with Crippen LogP contribution >= 0.6 is 0 Å². The van der Waals surface area contributed by atoms with Gasteiger partial charge >= 0.3 is 0 Å². The molecule has 9 nitrogen and oxygen atoms in total. The van der Waals surface area contributed by atoms with Gasteiger partial charge in [0.25, 0.3) is 11.8 Å². The zero-order valence-corrected chi connectivity index (χ0v) is 18.9. The molecule has 0 unspecified atom stereocenters.